The van der Waals surface area contributed by atoms with Crippen LogP contribution in [0.4, 0.5) is 17.3 Å². The lowest BCUT2D eigenvalue weighted by Gasteiger charge is -2.56. The highest BCUT2D eigenvalue weighted by Crippen LogP contribution is 2.60. The SMILES string of the molecule is Nc1nc(C23CC4CC(CC(C4)C2)C3)nc(N)c1N. The summed E-state index contributed by atoms with van der Waals surface area (Å²) in [4.78, 5) is 8.97. The van der Waals surface area contributed by atoms with Crippen molar-refractivity contribution in [3.8, 4) is 0 Å². The van der Waals surface area contributed by atoms with Crippen LogP contribution < -0.4 is 17.2 Å². The quantitative estimate of drug-likeness (QED) is 0.712. The number of rotatable bonds is 1. The molecule has 4 bridgehead atoms. The van der Waals surface area contributed by atoms with Gasteiger partial charge in [0.2, 0.25) is 0 Å². The number of hydrogen-bond donors (Lipinski definition) is 3. The molecule has 0 aromatic carbocycles. The fourth-order valence-corrected chi connectivity index (χ4v) is 5.13. The summed E-state index contributed by atoms with van der Waals surface area (Å²) < 4.78 is 0. The van der Waals surface area contributed by atoms with Crippen molar-refractivity contribution >= 4 is 17.3 Å². The van der Waals surface area contributed by atoms with Crippen LogP contribution in [0, 0.1) is 17.8 Å². The maximum atomic E-state index is 5.88. The molecular formula is C14H21N5. The molecule has 4 saturated carbocycles. The van der Waals surface area contributed by atoms with Crippen molar-refractivity contribution in [1.82, 2.24) is 9.97 Å². The zero-order valence-electron chi connectivity index (χ0n) is 11.1. The van der Waals surface area contributed by atoms with Gasteiger partial charge in [-0.05, 0) is 56.3 Å². The van der Waals surface area contributed by atoms with Gasteiger partial charge in [-0.1, -0.05) is 0 Å². The zero-order chi connectivity index (χ0) is 13.2. The van der Waals surface area contributed by atoms with Gasteiger partial charge < -0.3 is 17.2 Å². The van der Waals surface area contributed by atoms with Gasteiger partial charge in [0.1, 0.15) is 11.5 Å². The summed E-state index contributed by atoms with van der Waals surface area (Å²) in [5.41, 5.74) is 18.0. The first-order chi connectivity index (χ1) is 9.06. The molecule has 1 aromatic rings. The summed E-state index contributed by atoms with van der Waals surface area (Å²) in [6.07, 6.45) is 7.84. The Balaban J connectivity index is 1.79. The van der Waals surface area contributed by atoms with E-state index < -0.39 is 0 Å². The number of aromatic nitrogens is 2. The van der Waals surface area contributed by atoms with Crippen molar-refractivity contribution in [2.24, 2.45) is 17.8 Å². The summed E-state index contributed by atoms with van der Waals surface area (Å²) in [6.45, 7) is 0. The normalized spacial score (nSPS) is 39.7. The molecule has 0 spiro atoms. The van der Waals surface area contributed by atoms with Crippen LogP contribution in [0.25, 0.3) is 0 Å². The summed E-state index contributed by atoms with van der Waals surface area (Å²) in [6, 6.07) is 0. The first-order valence-electron chi connectivity index (χ1n) is 7.25. The molecule has 6 N–H and O–H groups in total. The third-order valence-electron chi connectivity index (χ3n) is 5.52. The number of hydrogen-bond acceptors (Lipinski definition) is 5. The topological polar surface area (TPSA) is 104 Å². The number of nitrogens with zero attached hydrogens (tertiary/aromatic N) is 2. The molecule has 4 aliphatic carbocycles. The van der Waals surface area contributed by atoms with Crippen molar-refractivity contribution < 1.29 is 0 Å². The Labute approximate surface area is 113 Å². The molecule has 5 nitrogen and oxygen atoms in total. The highest BCUT2D eigenvalue weighted by atomic mass is 15.0. The number of nitrogens with two attached hydrogens (primary N) is 3. The number of anilines is 3. The van der Waals surface area contributed by atoms with Gasteiger partial charge in [0.15, 0.2) is 11.6 Å². The predicted molar refractivity (Wildman–Crippen MR) is 75.1 cm³/mol. The minimum atomic E-state index is 0.130. The molecule has 0 amide bonds. The molecule has 0 saturated heterocycles. The van der Waals surface area contributed by atoms with Crippen molar-refractivity contribution in [2.45, 2.75) is 43.9 Å². The molecule has 0 aliphatic heterocycles. The zero-order valence-corrected chi connectivity index (χ0v) is 11.1. The average Bonchev–Trinajstić information content (AvgIpc) is 2.33. The van der Waals surface area contributed by atoms with E-state index in [4.69, 9.17) is 17.2 Å². The summed E-state index contributed by atoms with van der Waals surface area (Å²) in [5.74, 6) is 4.12. The fourth-order valence-electron chi connectivity index (χ4n) is 5.13. The molecule has 102 valence electrons. The lowest BCUT2D eigenvalue weighted by Crippen LogP contribution is -2.49. The molecule has 4 aliphatic rings. The molecule has 5 heteroatoms. The minimum absolute atomic E-state index is 0.130. The molecule has 0 radical (unpaired) electrons. The number of nitrogen functional groups attached to an aromatic ring is 3. The van der Waals surface area contributed by atoms with E-state index in [0.29, 0.717) is 17.3 Å². The molecule has 0 unspecified atom stereocenters. The summed E-state index contributed by atoms with van der Waals surface area (Å²) in [7, 11) is 0. The second kappa shape index (κ2) is 3.52. The highest BCUT2D eigenvalue weighted by molar-refractivity contribution is 5.70. The Kier molecular flexibility index (Phi) is 2.10. The Morgan fingerprint density at radius 2 is 1.21 bits per heavy atom. The Morgan fingerprint density at radius 3 is 1.63 bits per heavy atom. The fraction of sp³-hybridized carbons (Fsp3) is 0.714. The van der Waals surface area contributed by atoms with Crippen molar-refractivity contribution in [3.63, 3.8) is 0 Å². The van der Waals surface area contributed by atoms with E-state index in [0.717, 1.165) is 23.6 Å². The van der Waals surface area contributed by atoms with E-state index in [-0.39, 0.29) is 5.41 Å². The molecular weight excluding hydrogens is 238 g/mol. The van der Waals surface area contributed by atoms with Crippen LogP contribution in [0.3, 0.4) is 0 Å². The van der Waals surface area contributed by atoms with Gasteiger partial charge in [-0.25, -0.2) is 9.97 Å². The predicted octanol–water partition coefficient (Wildman–Crippen LogP) is 1.69. The smallest absolute Gasteiger partial charge is 0.152 e. The third-order valence-corrected chi connectivity index (χ3v) is 5.52. The van der Waals surface area contributed by atoms with E-state index in [1.807, 2.05) is 0 Å². The van der Waals surface area contributed by atoms with E-state index in [1.54, 1.807) is 0 Å². The van der Waals surface area contributed by atoms with Gasteiger partial charge >= 0.3 is 0 Å². The average molecular weight is 259 g/mol. The van der Waals surface area contributed by atoms with Crippen molar-refractivity contribution in [3.05, 3.63) is 5.82 Å². The molecule has 1 heterocycles. The minimum Gasteiger partial charge on any atom is -0.393 e. The lowest BCUT2D eigenvalue weighted by molar-refractivity contribution is -0.00924. The van der Waals surface area contributed by atoms with Crippen LogP contribution in [-0.4, -0.2) is 9.97 Å². The second-order valence-electron chi connectivity index (χ2n) is 6.93. The van der Waals surface area contributed by atoms with Gasteiger partial charge in [0.05, 0.1) is 0 Å². The third kappa shape index (κ3) is 1.53. The molecule has 0 atom stereocenters. The first kappa shape index (κ1) is 11.3. The Hall–Kier alpha value is -1.52. The summed E-state index contributed by atoms with van der Waals surface area (Å²) >= 11 is 0. The molecule has 4 fully saturated rings. The molecule has 19 heavy (non-hydrogen) atoms. The lowest BCUT2D eigenvalue weighted by atomic mass is 9.49. The largest absolute Gasteiger partial charge is 0.393 e. The van der Waals surface area contributed by atoms with Crippen LogP contribution in [0.15, 0.2) is 0 Å². The molecule has 5 rings (SSSR count). The van der Waals surface area contributed by atoms with Crippen LogP contribution in [0.5, 0.6) is 0 Å². The van der Waals surface area contributed by atoms with Crippen LogP contribution in [0.2, 0.25) is 0 Å². The Bertz CT molecular complexity index is 480. The monoisotopic (exact) mass is 259 g/mol. The van der Waals surface area contributed by atoms with E-state index in [1.165, 1.54) is 38.5 Å². The van der Waals surface area contributed by atoms with E-state index >= 15 is 0 Å². The standard InChI is InChI=1S/C14H21N5/c15-10-11(16)18-13(19-12(10)17)14-4-7-1-8(5-14)3-9(2-7)6-14/h7-9H,1-6,15H2,(H4,16,17,18,19). The Morgan fingerprint density at radius 1 is 0.789 bits per heavy atom. The van der Waals surface area contributed by atoms with Crippen LogP contribution in [0.1, 0.15) is 44.3 Å². The maximum Gasteiger partial charge on any atom is 0.152 e. The van der Waals surface area contributed by atoms with E-state index in [2.05, 4.69) is 9.97 Å². The van der Waals surface area contributed by atoms with Crippen LogP contribution >= 0.6 is 0 Å². The van der Waals surface area contributed by atoms with Gasteiger partial charge in [-0.15, -0.1) is 0 Å². The first-order valence-corrected chi connectivity index (χ1v) is 7.25. The van der Waals surface area contributed by atoms with Crippen molar-refractivity contribution in [2.75, 3.05) is 17.2 Å². The van der Waals surface area contributed by atoms with Gasteiger partial charge in [-0.3, -0.25) is 0 Å². The van der Waals surface area contributed by atoms with Gasteiger partial charge in [0.25, 0.3) is 0 Å². The van der Waals surface area contributed by atoms with E-state index in [9.17, 15) is 0 Å². The molecule has 1 aromatic heterocycles. The van der Waals surface area contributed by atoms with Gasteiger partial charge in [0, 0.05) is 5.41 Å². The second-order valence-corrected chi connectivity index (χ2v) is 6.93. The van der Waals surface area contributed by atoms with Crippen molar-refractivity contribution in [1.29, 1.82) is 0 Å². The highest BCUT2D eigenvalue weighted by Gasteiger charge is 2.53. The van der Waals surface area contributed by atoms with Gasteiger partial charge in [-0.2, -0.15) is 0 Å². The summed E-state index contributed by atoms with van der Waals surface area (Å²) in [5, 5.41) is 0. The van der Waals surface area contributed by atoms with Crippen LogP contribution in [-0.2, 0) is 5.41 Å². The maximum absolute atomic E-state index is 5.88.